The van der Waals surface area contributed by atoms with Crippen LogP contribution >= 0.6 is 0 Å². The molecular weight excluding hydrogens is 248 g/mol. The Hall–Kier alpha value is -1.68. The minimum Gasteiger partial charge on any atom is -0.310 e. The summed E-state index contributed by atoms with van der Waals surface area (Å²) >= 11 is 0. The van der Waals surface area contributed by atoms with Crippen molar-refractivity contribution in [1.82, 2.24) is 20.7 Å². The van der Waals surface area contributed by atoms with E-state index in [0.29, 0.717) is 5.41 Å². The standard InChI is InChI=1S/C16H20N4/c1-2-4-12(5-3-1)15-14(18-20-19-15)10-17-11-16(8-9-16)13-6-7-13/h1-5,13,17H,6-11H2,(H,18,19,20). The van der Waals surface area contributed by atoms with Crippen LogP contribution in [0, 0.1) is 11.3 Å². The second-order valence-corrected chi connectivity index (χ2v) is 6.23. The molecule has 4 rings (SSSR count). The molecule has 0 spiro atoms. The Morgan fingerprint density at radius 1 is 1.15 bits per heavy atom. The van der Waals surface area contributed by atoms with Crippen LogP contribution in [0.5, 0.6) is 0 Å². The molecule has 2 aliphatic rings. The molecule has 4 nitrogen and oxygen atoms in total. The third kappa shape index (κ3) is 2.24. The van der Waals surface area contributed by atoms with E-state index < -0.39 is 0 Å². The van der Waals surface area contributed by atoms with Gasteiger partial charge in [-0.15, -0.1) is 0 Å². The number of hydrogen-bond acceptors (Lipinski definition) is 3. The lowest BCUT2D eigenvalue weighted by Gasteiger charge is -2.14. The van der Waals surface area contributed by atoms with E-state index >= 15 is 0 Å². The van der Waals surface area contributed by atoms with Gasteiger partial charge in [0.15, 0.2) is 0 Å². The number of benzene rings is 1. The van der Waals surface area contributed by atoms with E-state index in [-0.39, 0.29) is 0 Å². The van der Waals surface area contributed by atoms with Crippen molar-refractivity contribution in [1.29, 1.82) is 0 Å². The van der Waals surface area contributed by atoms with Gasteiger partial charge in [0.05, 0.1) is 0 Å². The Kier molecular flexibility index (Phi) is 2.84. The van der Waals surface area contributed by atoms with Gasteiger partial charge < -0.3 is 5.32 Å². The van der Waals surface area contributed by atoms with Crippen LogP contribution in [-0.2, 0) is 6.54 Å². The lowest BCUT2D eigenvalue weighted by atomic mass is 10.0. The van der Waals surface area contributed by atoms with Crippen LogP contribution in [0.3, 0.4) is 0 Å². The van der Waals surface area contributed by atoms with Gasteiger partial charge in [0.1, 0.15) is 11.4 Å². The molecular formula is C16H20N4. The number of hydrogen-bond donors (Lipinski definition) is 2. The highest BCUT2D eigenvalue weighted by atomic mass is 15.3. The molecule has 1 aromatic carbocycles. The number of nitrogens with one attached hydrogen (secondary N) is 2. The Labute approximate surface area is 119 Å². The predicted octanol–water partition coefficient (Wildman–Crippen LogP) is 2.75. The Bertz CT molecular complexity index is 582. The Balaban J connectivity index is 1.41. The average Bonchev–Trinajstić information content (AvgIpc) is 3.38. The first-order valence-corrected chi connectivity index (χ1v) is 7.53. The van der Waals surface area contributed by atoms with Crippen LogP contribution in [0.4, 0.5) is 0 Å². The second kappa shape index (κ2) is 4.70. The van der Waals surface area contributed by atoms with E-state index in [1.807, 2.05) is 18.2 Å². The average molecular weight is 268 g/mol. The minimum atomic E-state index is 0.636. The topological polar surface area (TPSA) is 53.6 Å². The highest BCUT2D eigenvalue weighted by Crippen LogP contribution is 2.60. The number of aromatic amines is 1. The first-order valence-electron chi connectivity index (χ1n) is 7.53. The van der Waals surface area contributed by atoms with E-state index in [2.05, 4.69) is 32.9 Å². The van der Waals surface area contributed by atoms with Crippen molar-refractivity contribution in [2.24, 2.45) is 11.3 Å². The van der Waals surface area contributed by atoms with Crippen LogP contribution in [0.2, 0.25) is 0 Å². The predicted molar refractivity (Wildman–Crippen MR) is 77.9 cm³/mol. The molecule has 2 aliphatic carbocycles. The normalized spacial score (nSPS) is 20.0. The third-order valence-corrected chi connectivity index (χ3v) is 4.77. The maximum absolute atomic E-state index is 4.29. The first-order chi connectivity index (χ1) is 9.87. The summed E-state index contributed by atoms with van der Waals surface area (Å²) in [6.07, 6.45) is 5.71. The van der Waals surface area contributed by atoms with Crippen molar-refractivity contribution in [3.63, 3.8) is 0 Å². The molecule has 2 saturated carbocycles. The number of nitrogens with zero attached hydrogens (tertiary/aromatic N) is 2. The zero-order valence-electron chi connectivity index (χ0n) is 11.6. The summed E-state index contributed by atoms with van der Waals surface area (Å²) in [6, 6.07) is 10.2. The van der Waals surface area contributed by atoms with Crippen molar-refractivity contribution in [3.8, 4) is 11.3 Å². The van der Waals surface area contributed by atoms with Crippen LogP contribution in [0.15, 0.2) is 30.3 Å². The lowest BCUT2D eigenvalue weighted by Crippen LogP contribution is -2.25. The van der Waals surface area contributed by atoms with E-state index in [1.54, 1.807) is 0 Å². The summed E-state index contributed by atoms with van der Waals surface area (Å²) in [6.45, 7) is 1.94. The Morgan fingerprint density at radius 3 is 2.65 bits per heavy atom. The molecule has 4 heteroatoms. The maximum atomic E-state index is 4.29. The van der Waals surface area contributed by atoms with Crippen molar-refractivity contribution in [2.45, 2.75) is 32.2 Å². The molecule has 1 aromatic heterocycles. The van der Waals surface area contributed by atoms with E-state index in [0.717, 1.165) is 36.0 Å². The van der Waals surface area contributed by atoms with Gasteiger partial charge in [-0.2, -0.15) is 15.4 Å². The summed E-state index contributed by atoms with van der Waals surface area (Å²) in [5, 5.41) is 14.9. The summed E-state index contributed by atoms with van der Waals surface area (Å²) in [7, 11) is 0. The highest BCUT2D eigenvalue weighted by molar-refractivity contribution is 5.60. The van der Waals surface area contributed by atoms with Gasteiger partial charge in [-0.1, -0.05) is 30.3 Å². The molecule has 2 fully saturated rings. The van der Waals surface area contributed by atoms with E-state index in [1.165, 1.54) is 25.7 Å². The molecule has 0 bridgehead atoms. The smallest absolute Gasteiger partial charge is 0.117 e. The first kappa shape index (κ1) is 12.1. The van der Waals surface area contributed by atoms with Crippen LogP contribution in [0.25, 0.3) is 11.3 Å². The van der Waals surface area contributed by atoms with Gasteiger partial charge in [-0.3, -0.25) is 0 Å². The minimum absolute atomic E-state index is 0.636. The fourth-order valence-corrected chi connectivity index (χ4v) is 3.22. The lowest BCUT2D eigenvalue weighted by molar-refractivity contribution is 0.402. The zero-order valence-corrected chi connectivity index (χ0v) is 11.6. The molecule has 0 unspecified atom stereocenters. The van der Waals surface area contributed by atoms with Crippen molar-refractivity contribution in [2.75, 3.05) is 6.54 Å². The van der Waals surface area contributed by atoms with Crippen LogP contribution < -0.4 is 5.32 Å². The van der Waals surface area contributed by atoms with Gasteiger partial charge in [0, 0.05) is 18.7 Å². The van der Waals surface area contributed by atoms with Gasteiger partial charge in [-0.25, -0.2) is 0 Å². The maximum Gasteiger partial charge on any atom is 0.117 e. The highest BCUT2D eigenvalue weighted by Gasteiger charge is 2.53. The van der Waals surface area contributed by atoms with E-state index in [4.69, 9.17) is 0 Å². The summed E-state index contributed by atoms with van der Waals surface area (Å²) in [5.41, 5.74) is 3.75. The van der Waals surface area contributed by atoms with Gasteiger partial charge in [0.25, 0.3) is 0 Å². The fraction of sp³-hybridized carbons (Fsp3) is 0.500. The second-order valence-electron chi connectivity index (χ2n) is 6.23. The number of aromatic nitrogens is 3. The van der Waals surface area contributed by atoms with Crippen molar-refractivity contribution in [3.05, 3.63) is 36.0 Å². The summed E-state index contributed by atoms with van der Waals surface area (Å²) < 4.78 is 0. The molecule has 0 saturated heterocycles. The van der Waals surface area contributed by atoms with Gasteiger partial charge in [0.2, 0.25) is 0 Å². The van der Waals surface area contributed by atoms with Crippen molar-refractivity contribution < 1.29 is 0 Å². The molecule has 20 heavy (non-hydrogen) atoms. The largest absolute Gasteiger partial charge is 0.310 e. The zero-order chi connectivity index (χ0) is 13.4. The van der Waals surface area contributed by atoms with Gasteiger partial charge in [-0.05, 0) is 37.0 Å². The summed E-state index contributed by atoms with van der Waals surface area (Å²) in [4.78, 5) is 0. The third-order valence-electron chi connectivity index (χ3n) is 4.77. The molecule has 2 aromatic rings. The molecule has 0 radical (unpaired) electrons. The number of H-pyrrole nitrogens is 1. The summed E-state index contributed by atoms with van der Waals surface area (Å²) in [5.74, 6) is 1.00. The Morgan fingerprint density at radius 2 is 1.95 bits per heavy atom. The molecule has 0 atom stereocenters. The fourth-order valence-electron chi connectivity index (χ4n) is 3.22. The van der Waals surface area contributed by atoms with Crippen LogP contribution in [-0.4, -0.2) is 22.0 Å². The van der Waals surface area contributed by atoms with Crippen LogP contribution in [0.1, 0.15) is 31.4 Å². The molecule has 0 aliphatic heterocycles. The molecule has 2 N–H and O–H groups in total. The molecule has 0 amide bonds. The molecule has 1 heterocycles. The van der Waals surface area contributed by atoms with Gasteiger partial charge >= 0.3 is 0 Å². The van der Waals surface area contributed by atoms with E-state index in [9.17, 15) is 0 Å². The molecule has 104 valence electrons. The number of rotatable bonds is 6. The monoisotopic (exact) mass is 268 g/mol. The quantitative estimate of drug-likeness (QED) is 0.847. The van der Waals surface area contributed by atoms with Crippen molar-refractivity contribution >= 4 is 0 Å². The SMILES string of the molecule is c1ccc(-c2n[nH]nc2CNCC2(C3CC3)CC2)cc1.